The number of carbonyl (C=O) groups excluding carboxylic acids is 1. The van der Waals surface area contributed by atoms with Gasteiger partial charge in [-0.2, -0.15) is 5.26 Å². The molecule has 4 nitrogen and oxygen atoms in total. The van der Waals surface area contributed by atoms with Gasteiger partial charge in [-0.25, -0.2) is 0 Å². The zero-order valence-corrected chi connectivity index (χ0v) is 14.0. The molecule has 0 radical (unpaired) electrons. The highest BCUT2D eigenvalue weighted by atomic mass is 16.5. The van der Waals surface area contributed by atoms with Gasteiger partial charge in [0.2, 0.25) is 0 Å². The van der Waals surface area contributed by atoms with Gasteiger partial charge in [0.15, 0.2) is 0 Å². The van der Waals surface area contributed by atoms with E-state index in [1.165, 1.54) is 12.7 Å². The highest BCUT2D eigenvalue weighted by molar-refractivity contribution is 6.10. The fourth-order valence-corrected chi connectivity index (χ4v) is 2.23. The summed E-state index contributed by atoms with van der Waals surface area (Å²) in [6, 6.07) is 16.8. The average Bonchev–Trinajstić information content (AvgIpc) is 2.60. The number of rotatable bonds is 5. The molecule has 2 rings (SSSR count). The molecule has 0 aromatic heterocycles. The third-order valence-corrected chi connectivity index (χ3v) is 3.63. The quantitative estimate of drug-likeness (QED) is 0.657. The lowest BCUT2D eigenvalue weighted by Crippen LogP contribution is -2.14. The number of hydrogen-bond acceptors (Lipinski definition) is 3. The van der Waals surface area contributed by atoms with Crippen LogP contribution in [0.3, 0.4) is 0 Å². The lowest BCUT2D eigenvalue weighted by molar-refractivity contribution is -0.112. The van der Waals surface area contributed by atoms with Crippen LogP contribution in [0.5, 0.6) is 5.75 Å². The third kappa shape index (κ3) is 4.23. The predicted octanol–water partition coefficient (Wildman–Crippen LogP) is 4.36. The minimum absolute atomic E-state index is 0.0400. The van der Waals surface area contributed by atoms with Gasteiger partial charge in [0, 0.05) is 0 Å². The highest BCUT2D eigenvalue weighted by Gasteiger charge is 2.12. The smallest absolute Gasteiger partial charge is 0.266 e. The standard InChI is InChI=1S/C20H20N2O2/c1-14(2)16-10-8-15(9-11-16)12-17(13-21)20(23)22-18-6-4-5-7-19(18)24-3/h4-12,14H,1-3H3,(H,22,23). The molecular formula is C20H20N2O2. The van der Waals surface area contributed by atoms with Crippen LogP contribution < -0.4 is 10.1 Å². The summed E-state index contributed by atoms with van der Waals surface area (Å²) in [7, 11) is 1.53. The van der Waals surface area contributed by atoms with E-state index >= 15 is 0 Å². The van der Waals surface area contributed by atoms with Gasteiger partial charge in [0.1, 0.15) is 17.4 Å². The molecule has 0 spiro atoms. The number of anilines is 1. The summed E-state index contributed by atoms with van der Waals surface area (Å²) >= 11 is 0. The molecule has 0 aliphatic heterocycles. The van der Waals surface area contributed by atoms with E-state index in [9.17, 15) is 10.1 Å². The van der Waals surface area contributed by atoms with E-state index < -0.39 is 5.91 Å². The molecule has 0 bridgehead atoms. The van der Waals surface area contributed by atoms with Crippen LogP contribution in [0.25, 0.3) is 6.08 Å². The summed E-state index contributed by atoms with van der Waals surface area (Å²) in [4.78, 5) is 12.3. The summed E-state index contributed by atoms with van der Waals surface area (Å²) in [5.74, 6) is 0.520. The van der Waals surface area contributed by atoms with E-state index in [0.29, 0.717) is 17.4 Å². The van der Waals surface area contributed by atoms with E-state index in [2.05, 4.69) is 19.2 Å². The van der Waals surface area contributed by atoms with Crippen molar-refractivity contribution in [1.82, 2.24) is 0 Å². The van der Waals surface area contributed by atoms with Gasteiger partial charge in [0.25, 0.3) is 5.91 Å². The molecule has 0 saturated carbocycles. The number of nitrogens with one attached hydrogen (secondary N) is 1. The van der Waals surface area contributed by atoms with Crippen molar-refractivity contribution in [2.24, 2.45) is 0 Å². The Morgan fingerprint density at radius 3 is 2.42 bits per heavy atom. The van der Waals surface area contributed by atoms with E-state index in [-0.39, 0.29) is 5.57 Å². The fourth-order valence-electron chi connectivity index (χ4n) is 2.23. The predicted molar refractivity (Wildman–Crippen MR) is 95.7 cm³/mol. The number of nitriles is 1. The third-order valence-electron chi connectivity index (χ3n) is 3.63. The largest absolute Gasteiger partial charge is 0.495 e. The second-order valence-corrected chi connectivity index (χ2v) is 5.65. The maximum Gasteiger partial charge on any atom is 0.266 e. The number of methoxy groups -OCH3 is 1. The van der Waals surface area contributed by atoms with Crippen molar-refractivity contribution in [3.63, 3.8) is 0 Å². The highest BCUT2D eigenvalue weighted by Crippen LogP contribution is 2.24. The molecule has 0 fully saturated rings. The van der Waals surface area contributed by atoms with E-state index in [4.69, 9.17) is 4.74 Å². The first kappa shape index (κ1) is 17.3. The molecule has 1 N–H and O–H groups in total. The van der Waals surface area contributed by atoms with Crippen LogP contribution in [-0.2, 0) is 4.79 Å². The van der Waals surface area contributed by atoms with Crippen molar-refractivity contribution in [1.29, 1.82) is 5.26 Å². The molecule has 2 aromatic carbocycles. The number of ether oxygens (including phenoxy) is 1. The molecule has 24 heavy (non-hydrogen) atoms. The molecule has 0 saturated heterocycles. The Labute approximate surface area is 142 Å². The van der Waals surface area contributed by atoms with Crippen molar-refractivity contribution in [2.75, 3.05) is 12.4 Å². The molecule has 0 aliphatic carbocycles. The number of benzene rings is 2. The number of hydrogen-bond donors (Lipinski definition) is 1. The number of carbonyl (C=O) groups is 1. The average molecular weight is 320 g/mol. The molecule has 4 heteroatoms. The van der Waals surface area contributed by atoms with Crippen LogP contribution in [0, 0.1) is 11.3 Å². The second-order valence-electron chi connectivity index (χ2n) is 5.65. The minimum Gasteiger partial charge on any atom is -0.495 e. The summed E-state index contributed by atoms with van der Waals surface area (Å²) in [5.41, 5.74) is 2.59. The lowest BCUT2D eigenvalue weighted by atomic mass is 10.0. The lowest BCUT2D eigenvalue weighted by Gasteiger charge is -2.09. The second kappa shape index (κ2) is 7.98. The topological polar surface area (TPSA) is 62.1 Å². The Balaban J connectivity index is 2.21. The van der Waals surface area contributed by atoms with Crippen LogP contribution in [-0.4, -0.2) is 13.0 Å². The summed E-state index contributed by atoms with van der Waals surface area (Å²) in [5, 5.41) is 12.0. The van der Waals surface area contributed by atoms with Crippen molar-refractivity contribution in [3.8, 4) is 11.8 Å². The molecule has 2 aromatic rings. The van der Waals surface area contributed by atoms with Crippen molar-refractivity contribution < 1.29 is 9.53 Å². The maximum absolute atomic E-state index is 12.3. The van der Waals surface area contributed by atoms with E-state index in [0.717, 1.165) is 5.56 Å². The van der Waals surface area contributed by atoms with Crippen LogP contribution in [0.2, 0.25) is 0 Å². The van der Waals surface area contributed by atoms with Crippen molar-refractivity contribution in [2.45, 2.75) is 19.8 Å². The van der Waals surface area contributed by atoms with E-state index in [1.54, 1.807) is 24.3 Å². The maximum atomic E-state index is 12.3. The van der Waals surface area contributed by atoms with Gasteiger partial charge in [-0.3, -0.25) is 4.79 Å². The van der Waals surface area contributed by atoms with Crippen molar-refractivity contribution >= 4 is 17.7 Å². The first-order chi connectivity index (χ1) is 11.5. The molecule has 0 heterocycles. The van der Waals surface area contributed by atoms with E-state index in [1.807, 2.05) is 36.4 Å². The van der Waals surface area contributed by atoms with Crippen LogP contribution >= 0.6 is 0 Å². The molecule has 0 atom stereocenters. The Kier molecular flexibility index (Phi) is 5.75. The molecule has 122 valence electrons. The molecule has 0 unspecified atom stereocenters. The Bertz CT molecular complexity index is 784. The Hall–Kier alpha value is -3.06. The first-order valence-corrected chi connectivity index (χ1v) is 7.71. The van der Waals surface area contributed by atoms with Gasteiger partial charge >= 0.3 is 0 Å². The van der Waals surface area contributed by atoms with Gasteiger partial charge in [0.05, 0.1) is 12.8 Å². The monoisotopic (exact) mass is 320 g/mol. The minimum atomic E-state index is -0.463. The van der Waals surface area contributed by atoms with Gasteiger partial charge in [-0.1, -0.05) is 50.2 Å². The summed E-state index contributed by atoms with van der Waals surface area (Å²) < 4.78 is 5.20. The molecular weight excluding hydrogens is 300 g/mol. The van der Waals surface area contributed by atoms with Gasteiger partial charge < -0.3 is 10.1 Å². The van der Waals surface area contributed by atoms with Gasteiger partial charge in [-0.15, -0.1) is 0 Å². The Morgan fingerprint density at radius 1 is 1.17 bits per heavy atom. The molecule has 0 aliphatic rings. The number of para-hydroxylation sites is 2. The van der Waals surface area contributed by atoms with Crippen LogP contribution in [0.1, 0.15) is 30.9 Å². The number of nitrogens with zero attached hydrogens (tertiary/aromatic N) is 1. The zero-order valence-electron chi connectivity index (χ0n) is 14.0. The fraction of sp³-hybridized carbons (Fsp3) is 0.200. The summed E-state index contributed by atoms with van der Waals surface area (Å²) in [6.07, 6.45) is 1.58. The Morgan fingerprint density at radius 2 is 1.83 bits per heavy atom. The SMILES string of the molecule is COc1ccccc1NC(=O)C(C#N)=Cc1ccc(C(C)C)cc1. The van der Waals surface area contributed by atoms with Gasteiger partial charge in [-0.05, 0) is 35.3 Å². The normalized spacial score (nSPS) is 11.0. The first-order valence-electron chi connectivity index (χ1n) is 7.71. The van der Waals surface area contributed by atoms with Crippen LogP contribution in [0.4, 0.5) is 5.69 Å². The van der Waals surface area contributed by atoms with Crippen LogP contribution in [0.15, 0.2) is 54.1 Å². The number of amides is 1. The molecule has 1 amide bonds. The van der Waals surface area contributed by atoms with Crippen molar-refractivity contribution in [3.05, 3.63) is 65.2 Å². The summed E-state index contributed by atoms with van der Waals surface area (Å²) in [6.45, 7) is 4.23. The zero-order chi connectivity index (χ0) is 17.5.